The highest BCUT2D eigenvalue weighted by molar-refractivity contribution is 6.30. The number of aromatic amines is 2. The van der Waals surface area contributed by atoms with Crippen molar-refractivity contribution in [3.8, 4) is 11.1 Å². The Hall–Kier alpha value is -5.60. The molecule has 2 heteroatoms. The molecule has 10 rings (SSSR count). The summed E-state index contributed by atoms with van der Waals surface area (Å²) in [6.45, 7) is 0. The quantitative estimate of drug-likeness (QED) is 0.211. The summed E-state index contributed by atoms with van der Waals surface area (Å²) >= 11 is 0. The molecule has 0 amide bonds. The lowest BCUT2D eigenvalue weighted by Gasteiger charge is -2.10. The molecule has 10 aromatic rings. The normalized spacial score (nSPS) is 12.3. The Labute approximate surface area is 240 Å². The zero-order valence-electron chi connectivity index (χ0n) is 22.7. The molecule has 0 fully saturated rings. The Bertz CT molecular complexity index is 2740. The van der Waals surface area contributed by atoms with E-state index in [1.54, 1.807) is 0 Å². The van der Waals surface area contributed by atoms with Crippen LogP contribution in [0.25, 0.3) is 97.8 Å². The zero-order chi connectivity index (χ0) is 27.4. The first kappa shape index (κ1) is 22.1. The van der Waals surface area contributed by atoms with Gasteiger partial charge >= 0.3 is 0 Å². The van der Waals surface area contributed by atoms with E-state index in [4.69, 9.17) is 0 Å². The summed E-state index contributed by atoms with van der Waals surface area (Å²) in [6.07, 6.45) is 0. The highest BCUT2D eigenvalue weighted by Gasteiger charge is 2.17. The smallest absolute Gasteiger partial charge is 0.0551 e. The molecule has 0 saturated carbocycles. The lowest BCUT2D eigenvalue weighted by molar-refractivity contribution is 1.55. The van der Waals surface area contributed by atoms with Gasteiger partial charge in [0.25, 0.3) is 0 Å². The van der Waals surface area contributed by atoms with Gasteiger partial charge in [-0.25, -0.2) is 0 Å². The maximum Gasteiger partial charge on any atom is 0.0551 e. The molecule has 2 heterocycles. The summed E-state index contributed by atoms with van der Waals surface area (Å²) in [4.78, 5) is 7.64. The minimum absolute atomic E-state index is 1.18. The van der Waals surface area contributed by atoms with Crippen LogP contribution in [0.4, 0.5) is 0 Å². The molecular formula is C40H24N2. The fourth-order valence-corrected chi connectivity index (χ4v) is 7.36. The van der Waals surface area contributed by atoms with Gasteiger partial charge in [-0.15, -0.1) is 0 Å². The van der Waals surface area contributed by atoms with Gasteiger partial charge in [-0.1, -0.05) is 115 Å². The summed E-state index contributed by atoms with van der Waals surface area (Å²) in [5, 5.41) is 15.2. The van der Waals surface area contributed by atoms with Crippen LogP contribution in [0.15, 0.2) is 133 Å². The maximum absolute atomic E-state index is 3.84. The summed E-state index contributed by atoms with van der Waals surface area (Å²) < 4.78 is 0. The highest BCUT2D eigenvalue weighted by atomic mass is 14.7. The highest BCUT2D eigenvalue weighted by Crippen LogP contribution is 2.42. The van der Waals surface area contributed by atoms with Crippen LogP contribution in [-0.4, -0.2) is 9.97 Å². The van der Waals surface area contributed by atoms with Crippen LogP contribution in [0.3, 0.4) is 0 Å². The Morgan fingerprint density at radius 2 is 0.881 bits per heavy atom. The van der Waals surface area contributed by atoms with Gasteiger partial charge in [-0.05, 0) is 56.1 Å². The lowest BCUT2D eigenvalue weighted by atomic mass is 9.93. The molecule has 2 aromatic heterocycles. The van der Waals surface area contributed by atoms with E-state index in [0.29, 0.717) is 0 Å². The van der Waals surface area contributed by atoms with Crippen molar-refractivity contribution in [2.75, 3.05) is 0 Å². The van der Waals surface area contributed by atoms with Crippen molar-refractivity contribution in [1.82, 2.24) is 9.97 Å². The lowest BCUT2D eigenvalue weighted by Crippen LogP contribution is -1.85. The molecule has 0 saturated heterocycles. The van der Waals surface area contributed by atoms with E-state index in [9.17, 15) is 0 Å². The molecule has 0 aliphatic heterocycles. The topological polar surface area (TPSA) is 31.6 Å². The molecule has 0 radical (unpaired) electrons. The van der Waals surface area contributed by atoms with E-state index >= 15 is 0 Å². The second-order valence-corrected chi connectivity index (χ2v) is 11.5. The summed E-state index contributed by atoms with van der Waals surface area (Å²) in [6, 6.07) is 48.9. The Kier molecular flexibility index (Phi) is 4.21. The Morgan fingerprint density at radius 3 is 1.67 bits per heavy atom. The number of benzene rings is 8. The average Bonchev–Trinajstić information content (AvgIpc) is 3.64. The first-order chi connectivity index (χ1) is 20.8. The molecule has 8 aromatic carbocycles. The number of hydrogen-bond acceptors (Lipinski definition) is 0. The van der Waals surface area contributed by atoms with E-state index in [2.05, 4.69) is 143 Å². The van der Waals surface area contributed by atoms with Crippen LogP contribution < -0.4 is 0 Å². The number of nitrogens with one attached hydrogen (secondary N) is 2. The number of fused-ring (bicyclic) bond motifs is 14. The molecule has 2 nitrogen and oxygen atoms in total. The maximum atomic E-state index is 3.84. The van der Waals surface area contributed by atoms with Crippen molar-refractivity contribution in [2.45, 2.75) is 0 Å². The van der Waals surface area contributed by atoms with Crippen molar-refractivity contribution >= 4 is 86.7 Å². The standard InChI is InChI=1S/C40H24N2/c1-4-10-28-23(7-1)16-20-35-36(28)37-29-11-5-3-9-25(29)22-34(40(37)41-35)27-14-17-31-26(21-27)15-19-33-32-18-13-24-8-2-6-12-30(24)38(32)42-39(31)33/h1-22,41-42H. The molecule has 0 aliphatic carbocycles. The van der Waals surface area contributed by atoms with Crippen molar-refractivity contribution < 1.29 is 0 Å². The average molecular weight is 533 g/mol. The van der Waals surface area contributed by atoms with Crippen LogP contribution in [0.1, 0.15) is 0 Å². The fraction of sp³-hybridized carbons (Fsp3) is 0. The molecule has 0 spiro atoms. The Balaban J connectivity index is 1.27. The second kappa shape index (κ2) is 7.99. The SMILES string of the molecule is c1ccc2c(c1)ccc1c3ccc4cc(-c5cc6ccccc6c6c5[nH]c5ccc7ccccc7c56)ccc4c3[nH]c21. The number of aromatic nitrogens is 2. The number of rotatable bonds is 1. The minimum Gasteiger partial charge on any atom is -0.354 e. The molecular weight excluding hydrogens is 508 g/mol. The largest absolute Gasteiger partial charge is 0.354 e. The zero-order valence-corrected chi connectivity index (χ0v) is 22.7. The second-order valence-electron chi connectivity index (χ2n) is 11.5. The predicted octanol–water partition coefficient (Wildman–Crippen LogP) is 11.2. The molecule has 0 bridgehead atoms. The molecule has 42 heavy (non-hydrogen) atoms. The van der Waals surface area contributed by atoms with Gasteiger partial charge in [-0.2, -0.15) is 0 Å². The molecule has 0 aliphatic rings. The number of H-pyrrole nitrogens is 2. The summed E-state index contributed by atoms with van der Waals surface area (Å²) in [5.41, 5.74) is 7.22. The summed E-state index contributed by atoms with van der Waals surface area (Å²) in [5.74, 6) is 0. The van der Waals surface area contributed by atoms with Crippen molar-refractivity contribution in [1.29, 1.82) is 0 Å². The van der Waals surface area contributed by atoms with Crippen LogP contribution in [-0.2, 0) is 0 Å². The predicted molar refractivity (Wildman–Crippen MR) is 181 cm³/mol. The van der Waals surface area contributed by atoms with Gasteiger partial charge in [-0.3, -0.25) is 0 Å². The van der Waals surface area contributed by atoms with Gasteiger partial charge in [0.05, 0.1) is 16.6 Å². The third kappa shape index (κ3) is 2.88. The first-order valence-electron chi connectivity index (χ1n) is 14.5. The molecule has 2 N–H and O–H groups in total. The monoisotopic (exact) mass is 532 g/mol. The minimum atomic E-state index is 1.18. The van der Waals surface area contributed by atoms with Crippen molar-refractivity contribution in [3.05, 3.63) is 133 Å². The van der Waals surface area contributed by atoms with E-state index in [-0.39, 0.29) is 0 Å². The van der Waals surface area contributed by atoms with E-state index in [1.165, 1.54) is 97.8 Å². The Morgan fingerprint density at radius 1 is 0.333 bits per heavy atom. The van der Waals surface area contributed by atoms with Crippen LogP contribution in [0, 0.1) is 0 Å². The summed E-state index contributed by atoms with van der Waals surface area (Å²) in [7, 11) is 0. The third-order valence-electron chi connectivity index (χ3n) is 9.29. The van der Waals surface area contributed by atoms with Crippen LogP contribution in [0.5, 0.6) is 0 Å². The van der Waals surface area contributed by atoms with E-state index in [0.717, 1.165) is 0 Å². The molecule has 0 unspecified atom stereocenters. The molecule has 0 atom stereocenters. The fourth-order valence-electron chi connectivity index (χ4n) is 7.36. The van der Waals surface area contributed by atoms with Crippen molar-refractivity contribution in [3.63, 3.8) is 0 Å². The van der Waals surface area contributed by atoms with Crippen LogP contribution >= 0.6 is 0 Å². The third-order valence-corrected chi connectivity index (χ3v) is 9.29. The van der Waals surface area contributed by atoms with Gasteiger partial charge in [0.1, 0.15) is 0 Å². The molecule has 194 valence electrons. The van der Waals surface area contributed by atoms with Crippen molar-refractivity contribution in [2.24, 2.45) is 0 Å². The number of hydrogen-bond donors (Lipinski definition) is 2. The van der Waals surface area contributed by atoms with E-state index < -0.39 is 0 Å². The van der Waals surface area contributed by atoms with E-state index in [1.807, 2.05) is 0 Å². The van der Waals surface area contributed by atoms with Gasteiger partial charge < -0.3 is 9.97 Å². The first-order valence-corrected chi connectivity index (χ1v) is 14.5. The van der Waals surface area contributed by atoms with Gasteiger partial charge in [0.2, 0.25) is 0 Å². The van der Waals surface area contributed by atoms with Gasteiger partial charge in [0, 0.05) is 43.4 Å². The van der Waals surface area contributed by atoms with Gasteiger partial charge in [0.15, 0.2) is 0 Å². The van der Waals surface area contributed by atoms with Crippen LogP contribution in [0.2, 0.25) is 0 Å².